The topological polar surface area (TPSA) is 23.6 Å². The predicted molar refractivity (Wildman–Crippen MR) is 83.8 cm³/mol. The normalized spacial score (nSPS) is 21.0. The summed E-state index contributed by atoms with van der Waals surface area (Å²) in [6.45, 7) is 3.22. The number of hydrogen-bond donors (Lipinski definition) is 0. The minimum atomic E-state index is -0.451. The van der Waals surface area contributed by atoms with Gasteiger partial charge in [0.1, 0.15) is 5.82 Å². The van der Waals surface area contributed by atoms with Crippen molar-refractivity contribution in [2.45, 2.75) is 31.7 Å². The molecule has 1 aliphatic carbocycles. The molecule has 21 heavy (non-hydrogen) atoms. The third kappa shape index (κ3) is 3.29. The summed E-state index contributed by atoms with van der Waals surface area (Å²) in [5.74, 6) is -0.640. The number of benzene rings is 1. The molecular formula is C16H20BrFN2O. The van der Waals surface area contributed by atoms with Gasteiger partial charge in [-0.3, -0.25) is 9.69 Å². The molecule has 0 radical (unpaired) electrons. The van der Waals surface area contributed by atoms with Crippen molar-refractivity contribution in [1.29, 1.82) is 0 Å². The lowest BCUT2D eigenvalue weighted by Gasteiger charge is -2.38. The van der Waals surface area contributed by atoms with Gasteiger partial charge in [-0.25, -0.2) is 4.39 Å². The maximum atomic E-state index is 13.9. The molecule has 1 saturated heterocycles. The molecule has 114 valence electrons. The number of amides is 1. The van der Waals surface area contributed by atoms with Crippen LogP contribution in [0.25, 0.3) is 0 Å². The predicted octanol–water partition coefficient (Wildman–Crippen LogP) is 3.29. The monoisotopic (exact) mass is 354 g/mol. The maximum absolute atomic E-state index is 13.9. The zero-order valence-corrected chi connectivity index (χ0v) is 13.6. The van der Waals surface area contributed by atoms with Crippen molar-refractivity contribution in [3.8, 4) is 0 Å². The van der Waals surface area contributed by atoms with Crippen LogP contribution in [0.15, 0.2) is 22.7 Å². The number of nitrogens with zero attached hydrogens (tertiary/aromatic N) is 2. The number of rotatable bonds is 2. The van der Waals surface area contributed by atoms with Gasteiger partial charge in [0.25, 0.3) is 5.91 Å². The zero-order chi connectivity index (χ0) is 14.8. The molecule has 1 aromatic carbocycles. The SMILES string of the molecule is O=C(c1ccc(Br)cc1F)N1CCN(C2CCCC2)CC1. The Morgan fingerprint density at radius 2 is 1.81 bits per heavy atom. The molecule has 1 heterocycles. The van der Waals surface area contributed by atoms with E-state index in [0.717, 1.165) is 13.1 Å². The number of piperazine rings is 1. The molecule has 3 nitrogen and oxygen atoms in total. The van der Waals surface area contributed by atoms with Gasteiger partial charge in [-0.2, -0.15) is 0 Å². The first-order valence-corrected chi connectivity index (χ1v) is 8.43. The Morgan fingerprint density at radius 1 is 1.14 bits per heavy atom. The summed E-state index contributed by atoms with van der Waals surface area (Å²) < 4.78 is 14.5. The molecule has 1 aliphatic heterocycles. The first-order chi connectivity index (χ1) is 10.1. The van der Waals surface area contributed by atoms with E-state index < -0.39 is 5.82 Å². The third-order valence-electron chi connectivity index (χ3n) is 4.60. The quantitative estimate of drug-likeness (QED) is 0.813. The molecule has 1 aromatic rings. The Morgan fingerprint density at radius 3 is 2.43 bits per heavy atom. The Labute approximate surface area is 133 Å². The minimum absolute atomic E-state index is 0.174. The number of halogens is 2. The van der Waals surface area contributed by atoms with Gasteiger partial charge in [0.05, 0.1) is 5.56 Å². The van der Waals surface area contributed by atoms with E-state index in [0.29, 0.717) is 23.6 Å². The van der Waals surface area contributed by atoms with E-state index in [-0.39, 0.29) is 11.5 Å². The van der Waals surface area contributed by atoms with E-state index in [4.69, 9.17) is 0 Å². The Balaban J connectivity index is 1.62. The highest BCUT2D eigenvalue weighted by molar-refractivity contribution is 9.10. The smallest absolute Gasteiger partial charge is 0.256 e. The van der Waals surface area contributed by atoms with E-state index in [1.807, 2.05) is 0 Å². The van der Waals surface area contributed by atoms with E-state index in [9.17, 15) is 9.18 Å². The molecule has 3 rings (SSSR count). The van der Waals surface area contributed by atoms with Crippen molar-refractivity contribution in [1.82, 2.24) is 9.80 Å². The highest BCUT2D eigenvalue weighted by Gasteiger charge is 2.28. The molecular weight excluding hydrogens is 335 g/mol. The molecule has 0 atom stereocenters. The van der Waals surface area contributed by atoms with Crippen molar-refractivity contribution >= 4 is 21.8 Å². The lowest BCUT2D eigenvalue weighted by molar-refractivity contribution is 0.0569. The second kappa shape index (κ2) is 6.44. The van der Waals surface area contributed by atoms with Crippen LogP contribution in [0.1, 0.15) is 36.0 Å². The number of carbonyl (C=O) groups excluding carboxylic acids is 1. The molecule has 5 heteroatoms. The molecule has 0 bridgehead atoms. The fourth-order valence-corrected chi connectivity index (χ4v) is 3.73. The molecule has 1 amide bonds. The molecule has 0 unspecified atom stereocenters. The van der Waals surface area contributed by atoms with Gasteiger partial charge < -0.3 is 4.90 Å². The molecule has 0 N–H and O–H groups in total. The van der Waals surface area contributed by atoms with Gasteiger partial charge in [0.15, 0.2) is 0 Å². The summed E-state index contributed by atoms with van der Waals surface area (Å²) in [6.07, 6.45) is 5.23. The molecule has 2 aliphatic rings. The lowest BCUT2D eigenvalue weighted by Crippen LogP contribution is -2.51. The lowest BCUT2D eigenvalue weighted by atomic mass is 10.1. The zero-order valence-electron chi connectivity index (χ0n) is 12.0. The second-order valence-electron chi connectivity index (χ2n) is 5.89. The van der Waals surface area contributed by atoms with E-state index in [1.165, 1.54) is 31.7 Å². The standard InChI is InChI=1S/C16H20BrFN2O/c17-12-5-6-14(15(18)11-12)16(21)20-9-7-19(8-10-20)13-3-1-2-4-13/h5-6,11,13H,1-4,7-10H2. The van der Waals surface area contributed by atoms with Crippen LogP contribution in [0.3, 0.4) is 0 Å². The number of hydrogen-bond acceptors (Lipinski definition) is 2. The largest absolute Gasteiger partial charge is 0.336 e. The highest BCUT2D eigenvalue weighted by atomic mass is 79.9. The van der Waals surface area contributed by atoms with Crippen LogP contribution < -0.4 is 0 Å². The van der Waals surface area contributed by atoms with Crippen molar-refractivity contribution < 1.29 is 9.18 Å². The van der Waals surface area contributed by atoms with Gasteiger partial charge in [0.2, 0.25) is 0 Å². The van der Waals surface area contributed by atoms with Crippen molar-refractivity contribution in [3.63, 3.8) is 0 Å². The number of carbonyl (C=O) groups is 1. The summed E-state index contributed by atoms with van der Waals surface area (Å²) in [5.41, 5.74) is 0.174. The summed E-state index contributed by atoms with van der Waals surface area (Å²) in [5, 5.41) is 0. The third-order valence-corrected chi connectivity index (χ3v) is 5.10. The van der Waals surface area contributed by atoms with Crippen LogP contribution >= 0.6 is 15.9 Å². The van der Waals surface area contributed by atoms with Crippen LogP contribution in [-0.4, -0.2) is 47.9 Å². The Bertz CT molecular complexity index is 523. The van der Waals surface area contributed by atoms with Crippen molar-refractivity contribution in [2.75, 3.05) is 26.2 Å². The van der Waals surface area contributed by atoms with Crippen LogP contribution in [0.4, 0.5) is 4.39 Å². The van der Waals surface area contributed by atoms with Gasteiger partial charge in [0, 0.05) is 36.7 Å². The fraction of sp³-hybridized carbons (Fsp3) is 0.562. The summed E-state index contributed by atoms with van der Waals surface area (Å²) in [6, 6.07) is 5.32. The average molecular weight is 355 g/mol. The van der Waals surface area contributed by atoms with Crippen molar-refractivity contribution in [2.24, 2.45) is 0 Å². The van der Waals surface area contributed by atoms with Gasteiger partial charge in [-0.05, 0) is 31.0 Å². The average Bonchev–Trinajstić information content (AvgIpc) is 3.01. The molecule has 0 aromatic heterocycles. The van der Waals surface area contributed by atoms with Crippen LogP contribution in [0.2, 0.25) is 0 Å². The van der Waals surface area contributed by atoms with E-state index in [1.54, 1.807) is 17.0 Å². The summed E-state index contributed by atoms with van der Waals surface area (Å²) in [7, 11) is 0. The summed E-state index contributed by atoms with van der Waals surface area (Å²) >= 11 is 3.22. The highest BCUT2D eigenvalue weighted by Crippen LogP contribution is 2.25. The molecule has 0 spiro atoms. The van der Waals surface area contributed by atoms with Crippen molar-refractivity contribution in [3.05, 3.63) is 34.1 Å². The first kappa shape index (κ1) is 15.0. The molecule has 1 saturated carbocycles. The minimum Gasteiger partial charge on any atom is -0.336 e. The summed E-state index contributed by atoms with van der Waals surface area (Å²) in [4.78, 5) is 16.7. The Kier molecular flexibility index (Phi) is 4.60. The van der Waals surface area contributed by atoms with Gasteiger partial charge in [-0.15, -0.1) is 0 Å². The van der Waals surface area contributed by atoms with Crippen LogP contribution in [0, 0.1) is 5.82 Å². The van der Waals surface area contributed by atoms with Crippen LogP contribution in [0.5, 0.6) is 0 Å². The Hall–Kier alpha value is -0.940. The van der Waals surface area contributed by atoms with Gasteiger partial charge in [-0.1, -0.05) is 28.8 Å². The molecule has 2 fully saturated rings. The maximum Gasteiger partial charge on any atom is 0.256 e. The first-order valence-electron chi connectivity index (χ1n) is 7.63. The van der Waals surface area contributed by atoms with Crippen LogP contribution in [-0.2, 0) is 0 Å². The van der Waals surface area contributed by atoms with E-state index >= 15 is 0 Å². The fourth-order valence-electron chi connectivity index (χ4n) is 3.39. The second-order valence-corrected chi connectivity index (χ2v) is 6.81. The van der Waals surface area contributed by atoms with E-state index in [2.05, 4.69) is 20.8 Å². The van der Waals surface area contributed by atoms with Gasteiger partial charge >= 0.3 is 0 Å².